The van der Waals surface area contributed by atoms with Gasteiger partial charge in [0.1, 0.15) is 5.75 Å². The fourth-order valence-electron chi connectivity index (χ4n) is 2.71. The molecule has 0 aliphatic heterocycles. The summed E-state index contributed by atoms with van der Waals surface area (Å²) in [5.74, 6) is -1.64. The lowest BCUT2D eigenvalue weighted by molar-refractivity contribution is -0.136. The van der Waals surface area contributed by atoms with Crippen molar-refractivity contribution in [3.8, 4) is 5.75 Å². The van der Waals surface area contributed by atoms with Gasteiger partial charge < -0.3 is 15.4 Å². The molecule has 0 saturated heterocycles. The number of amides is 3. The Kier molecular flexibility index (Phi) is 7.32. The van der Waals surface area contributed by atoms with Crippen LogP contribution < -0.4 is 20.8 Å². The summed E-state index contributed by atoms with van der Waals surface area (Å²) in [5.41, 5.74) is 4.98. The van der Waals surface area contributed by atoms with Crippen molar-refractivity contribution < 1.29 is 19.1 Å². The van der Waals surface area contributed by atoms with Gasteiger partial charge in [0.25, 0.3) is 5.91 Å². The Morgan fingerprint density at radius 2 is 1.53 bits per heavy atom. The molecular weight excluding hydrogens is 408 g/mol. The molecule has 0 spiro atoms. The molecule has 32 heavy (non-hydrogen) atoms. The normalized spacial score (nSPS) is 10.4. The maximum Gasteiger partial charge on any atom is 0.329 e. The Morgan fingerprint density at radius 3 is 2.22 bits per heavy atom. The lowest BCUT2D eigenvalue weighted by Crippen LogP contribution is -2.33. The third-order valence-electron chi connectivity index (χ3n) is 4.43. The number of benzene rings is 3. The Bertz CT molecular complexity index is 1140. The Hall–Kier alpha value is -4.46. The van der Waals surface area contributed by atoms with Crippen molar-refractivity contribution in [3.05, 3.63) is 89.5 Å². The number of carbonyl (C=O) groups is 3. The van der Waals surface area contributed by atoms with E-state index in [2.05, 4.69) is 21.2 Å². The predicted octanol–water partition coefficient (Wildman–Crippen LogP) is 3.34. The highest BCUT2D eigenvalue weighted by atomic mass is 16.5. The van der Waals surface area contributed by atoms with Crippen LogP contribution in [0.5, 0.6) is 5.75 Å². The highest BCUT2D eigenvalue weighted by molar-refractivity contribution is 6.40. The molecule has 8 heteroatoms. The molecule has 0 unspecified atom stereocenters. The van der Waals surface area contributed by atoms with Crippen molar-refractivity contribution >= 4 is 35.3 Å². The summed E-state index contributed by atoms with van der Waals surface area (Å²) in [7, 11) is 1.56. The zero-order chi connectivity index (χ0) is 22.9. The number of carbonyl (C=O) groups excluding carboxylic acids is 3. The van der Waals surface area contributed by atoms with Crippen LogP contribution in [0.15, 0.2) is 77.9 Å². The third-order valence-corrected chi connectivity index (χ3v) is 4.43. The van der Waals surface area contributed by atoms with Gasteiger partial charge in [0, 0.05) is 5.69 Å². The zero-order valence-corrected chi connectivity index (χ0v) is 17.6. The van der Waals surface area contributed by atoms with Crippen LogP contribution in [0.3, 0.4) is 0 Å². The first-order valence-corrected chi connectivity index (χ1v) is 9.72. The molecule has 0 aliphatic rings. The lowest BCUT2D eigenvalue weighted by atomic mass is 10.1. The van der Waals surface area contributed by atoms with Gasteiger partial charge in [-0.25, -0.2) is 5.43 Å². The summed E-state index contributed by atoms with van der Waals surface area (Å²) in [6, 6.07) is 20.7. The molecule has 0 atom stereocenters. The van der Waals surface area contributed by atoms with Gasteiger partial charge in [-0.15, -0.1) is 0 Å². The minimum Gasteiger partial charge on any atom is -0.497 e. The van der Waals surface area contributed by atoms with Crippen molar-refractivity contribution in [1.82, 2.24) is 5.43 Å². The van der Waals surface area contributed by atoms with Gasteiger partial charge in [0.05, 0.1) is 24.6 Å². The van der Waals surface area contributed by atoms with Gasteiger partial charge in [-0.1, -0.05) is 29.8 Å². The summed E-state index contributed by atoms with van der Waals surface area (Å²) in [6.07, 6.45) is 1.40. The van der Waals surface area contributed by atoms with Gasteiger partial charge >= 0.3 is 11.8 Å². The van der Waals surface area contributed by atoms with Crippen molar-refractivity contribution in [1.29, 1.82) is 0 Å². The van der Waals surface area contributed by atoms with Crippen molar-refractivity contribution in [2.24, 2.45) is 5.10 Å². The average molecular weight is 430 g/mol. The molecule has 0 bridgehead atoms. The van der Waals surface area contributed by atoms with E-state index in [1.165, 1.54) is 12.3 Å². The van der Waals surface area contributed by atoms with Crippen LogP contribution in [0.1, 0.15) is 21.5 Å². The first-order valence-electron chi connectivity index (χ1n) is 9.72. The molecule has 0 aliphatic carbocycles. The van der Waals surface area contributed by atoms with Gasteiger partial charge in [-0.05, 0) is 61.0 Å². The number of methoxy groups -OCH3 is 1. The highest BCUT2D eigenvalue weighted by Gasteiger charge is 2.17. The van der Waals surface area contributed by atoms with Gasteiger partial charge in [-0.2, -0.15) is 5.10 Å². The second-order valence-corrected chi connectivity index (χ2v) is 6.79. The van der Waals surface area contributed by atoms with Crippen LogP contribution in [-0.2, 0) is 9.59 Å². The van der Waals surface area contributed by atoms with Crippen LogP contribution in [0.4, 0.5) is 11.4 Å². The minimum atomic E-state index is -0.969. The first-order chi connectivity index (χ1) is 15.5. The van der Waals surface area contributed by atoms with Crippen LogP contribution in [0.25, 0.3) is 0 Å². The summed E-state index contributed by atoms with van der Waals surface area (Å²) in [4.78, 5) is 37.0. The molecule has 0 radical (unpaired) electrons. The van der Waals surface area contributed by atoms with Crippen molar-refractivity contribution in [3.63, 3.8) is 0 Å². The molecule has 0 fully saturated rings. The van der Waals surface area contributed by atoms with Gasteiger partial charge in [0.2, 0.25) is 0 Å². The van der Waals surface area contributed by atoms with E-state index < -0.39 is 17.7 Å². The second-order valence-electron chi connectivity index (χ2n) is 6.79. The van der Waals surface area contributed by atoms with E-state index in [0.717, 1.165) is 5.56 Å². The minimum absolute atomic E-state index is 0.205. The summed E-state index contributed by atoms with van der Waals surface area (Å²) < 4.78 is 5.07. The number of hydrogen-bond donors (Lipinski definition) is 3. The number of aryl methyl sites for hydroxylation is 1. The summed E-state index contributed by atoms with van der Waals surface area (Å²) >= 11 is 0. The number of nitrogens with one attached hydrogen (secondary N) is 3. The lowest BCUT2D eigenvalue weighted by Gasteiger charge is -2.11. The van der Waals surface area contributed by atoms with E-state index in [1.54, 1.807) is 61.7 Å². The van der Waals surface area contributed by atoms with Gasteiger partial charge in [-0.3, -0.25) is 14.4 Å². The van der Waals surface area contributed by atoms with Crippen LogP contribution in [-0.4, -0.2) is 31.0 Å². The molecule has 3 aromatic carbocycles. The number of ether oxygens (including phenoxy) is 1. The standard InChI is InChI=1S/C24H22N4O4/c1-16-7-11-18(12-8-16)26-22(29)20-5-3-4-6-21(20)27-23(30)24(31)28-25-15-17-9-13-19(32-2)14-10-17/h3-15H,1-2H3,(H,26,29)(H,27,30)(H,28,31)/b25-15+. The Labute approximate surface area is 185 Å². The van der Waals surface area contributed by atoms with Gasteiger partial charge in [0.15, 0.2) is 0 Å². The molecule has 162 valence electrons. The van der Waals surface area contributed by atoms with E-state index in [1.807, 2.05) is 19.1 Å². The number of rotatable bonds is 6. The third kappa shape index (κ3) is 6.02. The van der Waals surface area contributed by atoms with Crippen LogP contribution in [0, 0.1) is 6.92 Å². The predicted molar refractivity (Wildman–Crippen MR) is 123 cm³/mol. The van der Waals surface area contributed by atoms with Crippen molar-refractivity contribution in [2.45, 2.75) is 6.92 Å². The second kappa shape index (κ2) is 10.5. The molecule has 3 aromatic rings. The first kappa shape index (κ1) is 22.2. The van der Waals surface area contributed by atoms with E-state index >= 15 is 0 Å². The fraction of sp³-hybridized carbons (Fsp3) is 0.0833. The summed E-state index contributed by atoms with van der Waals surface area (Å²) in [5, 5.41) is 8.99. The van der Waals surface area contributed by atoms with Crippen molar-refractivity contribution in [2.75, 3.05) is 17.7 Å². The quantitative estimate of drug-likeness (QED) is 0.317. The number of para-hydroxylation sites is 1. The molecular formula is C24H22N4O4. The van der Waals surface area contributed by atoms with E-state index in [9.17, 15) is 14.4 Å². The van der Waals surface area contributed by atoms with E-state index in [4.69, 9.17) is 4.74 Å². The highest BCUT2D eigenvalue weighted by Crippen LogP contribution is 2.18. The Morgan fingerprint density at radius 1 is 0.844 bits per heavy atom. The molecule has 0 aromatic heterocycles. The number of anilines is 2. The SMILES string of the molecule is COc1ccc(/C=N/NC(=O)C(=O)Nc2ccccc2C(=O)Nc2ccc(C)cc2)cc1. The maximum absolute atomic E-state index is 12.7. The molecule has 3 amide bonds. The topological polar surface area (TPSA) is 109 Å². The number of hydrogen-bond acceptors (Lipinski definition) is 5. The number of hydrazone groups is 1. The fourth-order valence-corrected chi connectivity index (χ4v) is 2.71. The number of nitrogens with zero attached hydrogens (tertiary/aromatic N) is 1. The summed E-state index contributed by atoms with van der Waals surface area (Å²) in [6.45, 7) is 1.95. The molecule has 0 saturated carbocycles. The van der Waals surface area contributed by atoms with Crippen LogP contribution >= 0.6 is 0 Å². The molecule has 3 N–H and O–H groups in total. The van der Waals surface area contributed by atoms with E-state index in [-0.39, 0.29) is 11.3 Å². The molecule has 0 heterocycles. The smallest absolute Gasteiger partial charge is 0.329 e. The monoisotopic (exact) mass is 430 g/mol. The zero-order valence-electron chi connectivity index (χ0n) is 17.6. The average Bonchev–Trinajstić information content (AvgIpc) is 2.81. The van der Waals surface area contributed by atoms with Crippen LogP contribution in [0.2, 0.25) is 0 Å². The molecule has 8 nitrogen and oxygen atoms in total. The Balaban J connectivity index is 1.61. The maximum atomic E-state index is 12.7. The molecule has 3 rings (SSSR count). The largest absolute Gasteiger partial charge is 0.497 e. The van der Waals surface area contributed by atoms with E-state index in [0.29, 0.717) is 17.0 Å².